The van der Waals surface area contributed by atoms with Crippen molar-refractivity contribution < 1.29 is 4.74 Å². The highest BCUT2D eigenvalue weighted by Crippen LogP contribution is 2.37. The number of hydrogen-bond donors (Lipinski definition) is 2. The SMILES string of the molecule is CCN(CC(C)Oc1cc(C2CC3CCC(C2)N3)ccn1)c1cn[nH]c(=O)c1C. The molecule has 0 radical (unpaired) electrons. The van der Waals surface area contributed by atoms with E-state index in [1.807, 2.05) is 20.0 Å². The predicted octanol–water partition coefficient (Wildman–Crippen LogP) is 2.77. The molecule has 2 fully saturated rings. The van der Waals surface area contributed by atoms with Crippen LogP contribution in [0.1, 0.15) is 56.6 Å². The molecule has 2 aromatic rings. The van der Waals surface area contributed by atoms with Gasteiger partial charge in [-0.25, -0.2) is 10.1 Å². The average Bonchev–Trinajstić information content (AvgIpc) is 3.06. The Balaban J connectivity index is 1.42. The van der Waals surface area contributed by atoms with Crippen LogP contribution >= 0.6 is 0 Å². The number of fused-ring (bicyclic) bond motifs is 2. The van der Waals surface area contributed by atoms with Crippen molar-refractivity contribution in [2.45, 2.75) is 70.6 Å². The van der Waals surface area contributed by atoms with Gasteiger partial charge in [0.1, 0.15) is 6.10 Å². The maximum absolute atomic E-state index is 11.9. The number of aromatic amines is 1. The van der Waals surface area contributed by atoms with Crippen molar-refractivity contribution >= 4 is 5.69 Å². The first-order valence-electron chi connectivity index (χ1n) is 10.7. The largest absolute Gasteiger partial charge is 0.473 e. The Morgan fingerprint density at radius 2 is 2.07 bits per heavy atom. The number of H-pyrrole nitrogens is 1. The van der Waals surface area contributed by atoms with Crippen LogP contribution in [0.25, 0.3) is 0 Å². The highest BCUT2D eigenvalue weighted by atomic mass is 16.5. The minimum Gasteiger partial charge on any atom is -0.473 e. The Morgan fingerprint density at radius 3 is 2.79 bits per heavy atom. The lowest BCUT2D eigenvalue weighted by atomic mass is 9.87. The first-order chi connectivity index (χ1) is 14.0. The molecule has 2 aliphatic heterocycles. The van der Waals surface area contributed by atoms with E-state index in [-0.39, 0.29) is 11.7 Å². The third kappa shape index (κ3) is 4.45. The second-order valence-electron chi connectivity index (χ2n) is 8.41. The molecule has 3 unspecified atom stereocenters. The molecule has 7 heteroatoms. The van der Waals surface area contributed by atoms with Crippen LogP contribution in [0.15, 0.2) is 29.3 Å². The zero-order valence-electron chi connectivity index (χ0n) is 17.5. The smallest absolute Gasteiger partial charge is 0.269 e. The van der Waals surface area contributed by atoms with Gasteiger partial charge in [0, 0.05) is 36.5 Å². The van der Waals surface area contributed by atoms with E-state index in [1.54, 1.807) is 6.20 Å². The van der Waals surface area contributed by atoms with Crippen molar-refractivity contribution in [1.29, 1.82) is 0 Å². The lowest BCUT2D eigenvalue weighted by Crippen LogP contribution is -2.37. The molecule has 2 aliphatic rings. The third-order valence-corrected chi connectivity index (χ3v) is 6.30. The first-order valence-corrected chi connectivity index (χ1v) is 10.7. The highest BCUT2D eigenvalue weighted by molar-refractivity contribution is 5.50. The summed E-state index contributed by atoms with van der Waals surface area (Å²) in [6.45, 7) is 7.35. The van der Waals surface area contributed by atoms with Crippen molar-refractivity contribution in [2.75, 3.05) is 18.0 Å². The number of rotatable bonds is 7. The summed E-state index contributed by atoms with van der Waals surface area (Å²) in [5.74, 6) is 1.27. The molecule has 156 valence electrons. The molecule has 0 saturated carbocycles. The fraction of sp³-hybridized carbons (Fsp3) is 0.591. The van der Waals surface area contributed by atoms with Gasteiger partial charge >= 0.3 is 0 Å². The van der Waals surface area contributed by atoms with E-state index in [0.717, 1.165) is 12.2 Å². The number of nitrogens with zero attached hydrogens (tertiary/aromatic N) is 3. The van der Waals surface area contributed by atoms with Gasteiger partial charge in [-0.3, -0.25) is 4.79 Å². The molecule has 0 aliphatic carbocycles. The van der Waals surface area contributed by atoms with Crippen molar-refractivity contribution in [3.8, 4) is 5.88 Å². The molecule has 0 spiro atoms. The van der Waals surface area contributed by atoms with Gasteiger partial charge in [-0.2, -0.15) is 5.10 Å². The maximum Gasteiger partial charge on any atom is 0.269 e. The Morgan fingerprint density at radius 1 is 1.31 bits per heavy atom. The van der Waals surface area contributed by atoms with E-state index in [4.69, 9.17) is 4.74 Å². The molecule has 0 amide bonds. The highest BCUT2D eigenvalue weighted by Gasteiger charge is 2.34. The summed E-state index contributed by atoms with van der Waals surface area (Å²) in [4.78, 5) is 18.4. The molecule has 2 aromatic heterocycles. The summed E-state index contributed by atoms with van der Waals surface area (Å²) in [7, 11) is 0. The number of ether oxygens (including phenoxy) is 1. The Bertz CT molecular complexity index is 887. The van der Waals surface area contributed by atoms with Crippen LogP contribution < -0.4 is 20.5 Å². The lowest BCUT2D eigenvalue weighted by Gasteiger charge is -2.30. The summed E-state index contributed by atoms with van der Waals surface area (Å²) < 4.78 is 6.16. The van der Waals surface area contributed by atoms with Crippen LogP contribution in [0, 0.1) is 6.92 Å². The quantitative estimate of drug-likeness (QED) is 0.748. The van der Waals surface area contributed by atoms with Crippen molar-refractivity contribution in [1.82, 2.24) is 20.5 Å². The number of anilines is 1. The van der Waals surface area contributed by atoms with Gasteiger partial charge in [0.2, 0.25) is 5.88 Å². The van der Waals surface area contributed by atoms with Crippen LogP contribution in [-0.4, -0.2) is 46.5 Å². The lowest BCUT2D eigenvalue weighted by molar-refractivity contribution is 0.217. The monoisotopic (exact) mass is 397 g/mol. The minimum absolute atomic E-state index is 0.0689. The van der Waals surface area contributed by atoms with Gasteiger partial charge in [0.25, 0.3) is 5.56 Å². The molecule has 7 nitrogen and oxygen atoms in total. The van der Waals surface area contributed by atoms with Crippen LogP contribution in [0.5, 0.6) is 5.88 Å². The zero-order valence-corrected chi connectivity index (χ0v) is 17.5. The summed E-state index contributed by atoms with van der Waals surface area (Å²) in [5, 5.41) is 10.1. The standard InChI is InChI=1S/C22H31N5O2/c1-4-27(20-12-24-26-22(28)15(20)3)13-14(2)29-21-11-16(7-8-23-21)17-9-18-5-6-19(10-17)25-18/h7-8,11-12,14,17-19,25H,4-6,9-10,13H2,1-3H3,(H,26,28). The van der Waals surface area contributed by atoms with Crippen LogP contribution in [0.4, 0.5) is 5.69 Å². The molecule has 2 N–H and O–H groups in total. The fourth-order valence-corrected chi connectivity index (χ4v) is 4.79. The van der Waals surface area contributed by atoms with E-state index >= 15 is 0 Å². The Kier molecular flexibility index (Phi) is 5.85. The normalized spacial score (nSPS) is 24.3. The molecule has 2 saturated heterocycles. The van der Waals surface area contributed by atoms with Crippen LogP contribution in [0.2, 0.25) is 0 Å². The number of aromatic nitrogens is 3. The van der Waals surface area contributed by atoms with Gasteiger partial charge in [-0.15, -0.1) is 0 Å². The molecular formula is C22H31N5O2. The van der Waals surface area contributed by atoms with Crippen LogP contribution in [0.3, 0.4) is 0 Å². The van der Waals surface area contributed by atoms with E-state index in [9.17, 15) is 4.79 Å². The summed E-state index contributed by atoms with van der Waals surface area (Å²) in [6.07, 6.45) is 8.51. The molecule has 4 heterocycles. The average molecular weight is 398 g/mol. The number of likely N-dealkylation sites (N-methyl/N-ethyl adjacent to an activating group) is 1. The van der Waals surface area contributed by atoms with E-state index < -0.39 is 0 Å². The fourth-order valence-electron chi connectivity index (χ4n) is 4.79. The minimum atomic E-state index is -0.153. The third-order valence-electron chi connectivity index (χ3n) is 6.30. The topological polar surface area (TPSA) is 83.1 Å². The molecule has 0 aromatic carbocycles. The predicted molar refractivity (Wildman–Crippen MR) is 114 cm³/mol. The number of nitrogens with one attached hydrogen (secondary N) is 2. The molecule has 2 bridgehead atoms. The van der Waals surface area contributed by atoms with E-state index in [2.05, 4.69) is 44.5 Å². The van der Waals surface area contributed by atoms with E-state index in [0.29, 0.717) is 36.0 Å². The van der Waals surface area contributed by atoms with Crippen molar-refractivity contribution in [2.24, 2.45) is 0 Å². The molecule has 4 rings (SSSR count). The zero-order chi connectivity index (χ0) is 20.4. The number of piperidine rings is 1. The van der Waals surface area contributed by atoms with Gasteiger partial charge in [-0.05, 0) is 64.0 Å². The Labute approximate surface area is 171 Å². The van der Waals surface area contributed by atoms with Crippen molar-refractivity contribution in [3.05, 3.63) is 46.0 Å². The molecular weight excluding hydrogens is 366 g/mol. The number of pyridine rings is 1. The number of hydrogen-bond acceptors (Lipinski definition) is 6. The maximum atomic E-state index is 11.9. The van der Waals surface area contributed by atoms with Gasteiger partial charge in [-0.1, -0.05) is 0 Å². The molecule has 29 heavy (non-hydrogen) atoms. The molecule has 3 atom stereocenters. The second kappa shape index (κ2) is 8.53. The van der Waals surface area contributed by atoms with Crippen molar-refractivity contribution in [3.63, 3.8) is 0 Å². The summed E-state index contributed by atoms with van der Waals surface area (Å²) in [5.41, 5.74) is 2.70. The Hall–Kier alpha value is -2.41. The van der Waals surface area contributed by atoms with Gasteiger partial charge in [0.05, 0.1) is 18.4 Å². The summed E-state index contributed by atoms with van der Waals surface area (Å²) >= 11 is 0. The summed E-state index contributed by atoms with van der Waals surface area (Å²) in [6, 6.07) is 5.58. The second-order valence-corrected chi connectivity index (χ2v) is 8.41. The van der Waals surface area contributed by atoms with Crippen LogP contribution in [-0.2, 0) is 0 Å². The first kappa shape index (κ1) is 19.9. The van der Waals surface area contributed by atoms with Gasteiger partial charge in [0.15, 0.2) is 0 Å². The van der Waals surface area contributed by atoms with Gasteiger partial charge < -0.3 is 15.0 Å². The van der Waals surface area contributed by atoms with E-state index in [1.165, 1.54) is 31.2 Å².